The lowest BCUT2D eigenvalue weighted by molar-refractivity contribution is -0.137. The van der Waals surface area contributed by atoms with Crippen LogP contribution in [0.1, 0.15) is 116 Å². The minimum absolute atomic E-state index is 0.0125. The summed E-state index contributed by atoms with van der Waals surface area (Å²) in [6.45, 7) is 9.27. The molecule has 4 aromatic rings. The standard InChI is InChI=1S/C54H57Cl2FN6O5/c1-53(2,3)27-45-54(29-58-42-26-34(55)14-15-39(42)54)47(37-9-6-10-40(56)48(37)57)49(60-45)51(66)59-41-16-13-33(25-44(41)68-4)31-19-21-62(22-20-31)35-23-30(24-35)11-12-32-7-5-8-36-38(32)28-63(52(36)67)43-17-18-46(64)61-50(43)65/h5-10,13-16,25-26,30-31,35,43,45,47,49,58,60H,17-24,27-29H2,1-4H3,(H,59,66)(H,61,64,65)/t30?,35?,43?,45-,47-,49+,54-/m0/s1. The van der Waals surface area contributed by atoms with Gasteiger partial charge < -0.3 is 30.5 Å². The van der Waals surface area contributed by atoms with Crippen molar-refractivity contribution in [3.8, 4) is 17.6 Å². The molecule has 10 rings (SSSR count). The SMILES string of the molecule is COc1cc(C2CCN(C3CC(C#Cc4cccc5c4CN(C4CCC(=O)NC4=O)C5=O)C3)CC2)ccc1NC(=O)[C@@H]1N[C@@H](CC(C)(C)C)[C@@]2(CNc3cc(Cl)ccc32)[C@H]1c1cccc(Cl)c1F. The second kappa shape index (κ2) is 18.1. The van der Waals surface area contributed by atoms with Gasteiger partial charge in [-0.1, -0.05) is 86.1 Å². The number of fused-ring (bicyclic) bond motifs is 3. The maximum absolute atomic E-state index is 16.3. The van der Waals surface area contributed by atoms with Crippen molar-refractivity contribution >= 4 is 58.2 Å². The van der Waals surface area contributed by atoms with Crippen molar-refractivity contribution in [1.29, 1.82) is 0 Å². The minimum atomic E-state index is -0.813. The fraction of sp³-hybridized carbons (Fsp3) is 0.444. The number of methoxy groups -OCH3 is 1. The molecule has 14 heteroatoms. The predicted octanol–water partition coefficient (Wildman–Crippen LogP) is 8.77. The van der Waals surface area contributed by atoms with Crippen molar-refractivity contribution in [2.24, 2.45) is 11.3 Å². The number of carbonyl (C=O) groups is 4. The molecule has 4 aromatic carbocycles. The largest absolute Gasteiger partial charge is 0.495 e. The van der Waals surface area contributed by atoms with Gasteiger partial charge in [-0.3, -0.25) is 24.5 Å². The van der Waals surface area contributed by atoms with E-state index in [0.717, 1.165) is 73.1 Å². The number of piperidine rings is 2. The van der Waals surface area contributed by atoms with Crippen LogP contribution in [0.2, 0.25) is 10.0 Å². The first-order chi connectivity index (χ1) is 32.6. The number of hydrogen-bond acceptors (Lipinski definition) is 8. The van der Waals surface area contributed by atoms with Gasteiger partial charge in [0.05, 0.1) is 23.9 Å². The van der Waals surface area contributed by atoms with Gasteiger partial charge in [0.2, 0.25) is 17.7 Å². The summed E-state index contributed by atoms with van der Waals surface area (Å²) in [5.41, 5.74) is 5.41. The maximum atomic E-state index is 16.3. The second-order valence-electron chi connectivity index (χ2n) is 20.7. The highest BCUT2D eigenvalue weighted by Gasteiger charge is 2.61. The molecule has 3 saturated heterocycles. The Morgan fingerprint density at radius 2 is 1.76 bits per heavy atom. The molecule has 1 unspecified atom stereocenters. The Balaban J connectivity index is 0.796. The lowest BCUT2D eigenvalue weighted by Crippen LogP contribution is -2.52. The van der Waals surface area contributed by atoms with Crippen molar-refractivity contribution in [3.05, 3.63) is 122 Å². The number of nitrogens with one attached hydrogen (secondary N) is 4. The van der Waals surface area contributed by atoms with E-state index in [0.29, 0.717) is 59.1 Å². The Kier molecular flexibility index (Phi) is 12.3. The van der Waals surface area contributed by atoms with Crippen LogP contribution in [0.3, 0.4) is 0 Å². The molecule has 5 heterocycles. The van der Waals surface area contributed by atoms with Crippen LogP contribution in [0, 0.1) is 29.0 Å². The maximum Gasteiger partial charge on any atom is 0.255 e. The molecule has 4 N–H and O–H groups in total. The van der Waals surface area contributed by atoms with Gasteiger partial charge >= 0.3 is 0 Å². The number of carbonyl (C=O) groups excluding carboxylic acids is 4. The zero-order valence-corrected chi connectivity index (χ0v) is 40.3. The summed E-state index contributed by atoms with van der Waals surface area (Å²) in [4.78, 5) is 56.5. The van der Waals surface area contributed by atoms with E-state index in [1.807, 2.05) is 42.5 Å². The van der Waals surface area contributed by atoms with Crippen molar-refractivity contribution in [2.75, 3.05) is 37.4 Å². The first kappa shape index (κ1) is 46.3. The van der Waals surface area contributed by atoms with Crippen molar-refractivity contribution in [3.63, 3.8) is 0 Å². The molecule has 354 valence electrons. The number of hydrogen-bond donors (Lipinski definition) is 4. The van der Waals surface area contributed by atoms with Gasteiger partial charge in [0.15, 0.2) is 0 Å². The molecule has 68 heavy (non-hydrogen) atoms. The Morgan fingerprint density at radius 3 is 2.51 bits per heavy atom. The Bertz CT molecular complexity index is 2770. The summed E-state index contributed by atoms with van der Waals surface area (Å²) < 4.78 is 22.3. The van der Waals surface area contributed by atoms with Crippen LogP contribution in [-0.4, -0.2) is 84.3 Å². The first-order valence-electron chi connectivity index (χ1n) is 23.9. The zero-order chi connectivity index (χ0) is 47.6. The average molecular weight is 960 g/mol. The number of amides is 4. The highest BCUT2D eigenvalue weighted by atomic mass is 35.5. The van der Waals surface area contributed by atoms with Gasteiger partial charge in [0.25, 0.3) is 5.91 Å². The third-order valence-corrected chi connectivity index (χ3v) is 16.0. The Labute approximate surface area is 407 Å². The van der Waals surface area contributed by atoms with Crippen LogP contribution in [0.5, 0.6) is 5.75 Å². The van der Waals surface area contributed by atoms with Crippen LogP contribution < -0.4 is 26.0 Å². The van der Waals surface area contributed by atoms with E-state index < -0.39 is 35.1 Å². The van der Waals surface area contributed by atoms with Gasteiger partial charge in [-0.05, 0) is 128 Å². The summed E-state index contributed by atoms with van der Waals surface area (Å²) in [5, 5.41) is 13.5. The summed E-state index contributed by atoms with van der Waals surface area (Å²) >= 11 is 12.9. The molecule has 6 aliphatic rings. The predicted molar refractivity (Wildman–Crippen MR) is 262 cm³/mol. The summed E-state index contributed by atoms with van der Waals surface area (Å²) in [7, 11) is 1.62. The normalized spacial score (nSPS) is 26.9. The number of benzene rings is 4. The molecule has 1 spiro atoms. The molecule has 0 aromatic heterocycles. The second-order valence-corrected chi connectivity index (χ2v) is 21.6. The van der Waals surface area contributed by atoms with E-state index in [1.54, 1.807) is 36.3 Å². The fourth-order valence-electron chi connectivity index (χ4n) is 12.0. The molecule has 4 amide bonds. The van der Waals surface area contributed by atoms with E-state index in [-0.39, 0.29) is 46.5 Å². The van der Waals surface area contributed by atoms with E-state index in [4.69, 9.17) is 27.9 Å². The molecule has 11 nitrogen and oxygen atoms in total. The smallest absolute Gasteiger partial charge is 0.255 e. The van der Waals surface area contributed by atoms with Crippen LogP contribution >= 0.6 is 23.2 Å². The Morgan fingerprint density at radius 1 is 0.985 bits per heavy atom. The molecule has 4 fully saturated rings. The Hall–Kier alpha value is -5.45. The lowest BCUT2D eigenvalue weighted by atomic mass is 9.63. The van der Waals surface area contributed by atoms with E-state index >= 15 is 4.39 Å². The number of likely N-dealkylation sites (tertiary alicyclic amines) is 1. The highest BCUT2D eigenvalue weighted by Crippen LogP contribution is 2.57. The summed E-state index contributed by atoms with van der Waals surface area (Å²) in [5.74, 6) is 5.69. The molecular formula is C54H57Cl2FN6O5. The van der Waals surface area contributed by atoms with Crippen LogP contribution in [0.15, 0.2) is 72.8 Å². The number of imide groups is 1. The molecular weight excluding hydrogens is 903 g/mol. The van der Waals surface area contributed by atoms with Gasteiger partial charge in [-0.25, -0.2) is 4.39 Å². The average Bonchev–Trinajstić information content (AvgIpc) is 3.94. The number of nitrogens with zero attached hydrogens (tertiary/aromatic N) is 2. The van der Waals surface area contributed by atoms with Crippen LogP contribution in [-0.2, 0) is 26.3 Å². The topological polar surface area (TPSA) is 132 Å². The van der Waals surface area contributed by atoms with Crippen molar-refractivity contribution in [1.82, 2.24) is 20.4 Å². The van der Waals surface area contributed by atoms with Gasteiger partial charge in [0, 0.05) is 70.7 Å². The molecule has 1 saturated carbocycles. The third kappa shape index (κ3) is 8.43. The van der Waals surface area contributed by atoms with E-state index in [1.165, 1.54) is 0 Å². The minimum Gasteiger partial charge on any atom is -0.495 e. The van der Waals surface area contributed by atoms with Gasteiger partial charge in [-0.2, -0.15) is 0 Å². The molecule has 1 aliphatic carbocycles. The van der Waals surface area contributed by atoms with Crippen molar-refractivity contribution in [2.45, 2.75) is 114 Å². The monoisotopic (exact) mass is 958 g/mol. The van der Waals surface area contributed by atoms with Crippen LogP contribution in [0.4, 0.5) is 15.8 Å². The van der Waals surface area contributed by atoms with Gasteiger partial charge in [-0.15, -0.1) is 0 Å². The molecule has 0 radical (unpaired) electrons. The fourth-order valence-corrected chi connectivity index (χ4v) is 12.4. The number of halogens is 3. The summed E-state index contributed by atoms with van der Waals surface area (Å²) in [6, 6.07) is 21.3. The quantitative estimate of drug-likeness (QED) is 0.102. The molecule has 0 bridgehead atoms. The van der Waals surface area contributed by atoms with E-state index in [2.05, 4.69) is 64.8 Å². The number of rotatable bonds is 8. The zero-order valence-electron chi connectivity index (χ0n) is 38.8. The van der Waals surface area contributed by atoms with Crippen LogP contribution in [0.25, 0.3) is 0 Å². The van der Waals surface area contributed by atoms with Crippen molar-refractivity contribution < 1.29 is 28.3 Å². The lowest BCUT2D eigenvalue weighted by Gasteiger charge is -2.44. The van der Waals surface area contributed by atoms with E-state index in [9.17, 15) is 19.2 Å². The first-order valence-corrected chi connectivity index (χ1v) is 24.6. The van der Waals surface area contributed by atoms with Gasteiger partial charge in [0.1, 0.15) is 17.6 Å². The highest BCUT2D eigenvalue weighted by molar-refractivity contribution is 6.31. The third-order valence-electron chi connectivity index (χ3n) is 15.5. The summed E-state index contributed by atoms with van der Waals surface area (Å²) in [6.07, 6.45) is 5.24. The number of ether oxygens (including phenoxy) is 1. The molecule has 5 atom stereocenters. The number of anilines is 2. The molecule has 5 aliphatic heterocycles.